The van der Waals surface area contributed by atoms with E-state index in [0.717, 1.165) is 56.4 Å². The van der Waals surface area contributed by atoms with Crippen molar-refractivity contribution in [1.29, 1.82) is 0 Å². The molecule has 2 aliphatic rings. The number of benzene rings is 2. The summed E-state index contributed by atoms with van der Waals surface area (Å²) in [5.74, 6) is -0.684. The zero-order valence-electron chi connectivity index (χ0n) is 16.0. The van der Waals surface area contributed by atoms with Crippen LogP contribution in [0.25, 0.3) is 0 Å². The van der Waals surface area contributed by atoms with Crippen molar-refractivity contribution in [3.8, 4) is 11.5 Å². The summed E-state index contributed by atoms with van der Waals surface area (Å²) in [6.07, 6.45) is 4.87. The van der Waals surface area contributed by atoms with E-state index in [-0.39, 0.29) is 4.90 Å². The molecule has 1 heterocycles. The molecule has 1 spiro atoms. The number of rotatable bonds is 4. The number of carbonyl (C=O) groups is 1. The predicted octanol–water partition coefficient (Wildman–Crippen LogP) is 4.06. The Balaban J connectivity index is 1.48. The van der Waals surface area contributed by atoms with Crippen molar-refractivity contribution in [1.82, 2.24) is 0 Å². The van der Waals surface area contributed by atoms with Crippen LogP contribution in [0.5, 0.6) is 11.5 Å². The van der Waals surface area contributed by atoms with Crippen molar-refractivity contribution in [2.75, 3.05) is 5.32 Å². The largest absolute Gasteiger partial charge is 0.448 e. The van der Waals surface area contributed by atoms with Gasteiger partial charge in [0.2, 0.25) is 5.91 Å². The third-order valence-electron chi connectivity index (χ3n) is 5.40. The lowest BCUT2D eigenvalue weighted by atomic mass is 9.94. The van der Waals surface area contributed by atoms with E-state index in [9.17, 15) is 17.6 Å². The van der Waals surface area contributed by atoms with Gasteiger partial charge in [0.05, 0.1) is 4.90 Å². The van der Waals surface area contributed by atoms with Crippen LogP contribution in [0.3, 0.4) is 0 Å². The molecule has 1 aliphatic heterocycles. The third kappa shape index (κ3) is 3.81. The quantitative estimate of drug-likeness (QED) is 0.756. The van der Waals surface area contributed by atoms with Crippen LogP contribution in [0, 0.1) is 5.82 Å². The molecule has 29 heavy (non-hydrogen) atoms. The predicted molar refractivity (Wildman–Crippen MR) is 105 cm³/mol. The summed E-state index contributed by atoms with van der Waals surface area (Å²) in [7, 11) is -3.94. The maximum atomic E-state index is 13.1. The van der Waals surface area contributed by atoms with Gasteiger partial charge in [-0.25, -0.2) is 12.8 Å². The number of carbonyl (C=O) groups excluding carboxylic acids is 1. The van der Waals surface area contributed by atoms with Crippen molar-refractivity contribution in [2.45, 2.75) is 55.0 Å². The normalized spacial score (nSPS) is 18.4. The maximum Gasteiger partial charge on any atom is 0.251 e. The summed E-state index contributed by atoms with van der Waals surface area (Å²) < 4.78 is 50.4. The van der Waals surface area contributed by atoms with Crippen molar-refractivity contribution in [2.24, 2.45) is 0 Å². The van der Waals surface area contributed by atoms with Gasteiger partial charge in [0.1, 0.15) is 11.1 Å². The molecule has 2 aromatic carbocycles. The van der Waals surface area contributed by atoms with E-state index in [0.29, 0.717) is 17.2 Å². The van der Waals surface area contributed by atoms with Crippen LogP contribution in [-0.2, 0) is 14.6 Å². The molecule has 1 aliphatic carbocycles. The first kappa shape index (κ1) is 19.7. The zero-order chi connectivity index (χ0) is 20.6. The molecule has 1 atom stereocenters. The van der Waals surface area contributed by atoms with Crippen LogP contribution in [-0.4, -0.2) is 25.4 Å². The monoisotopic (exact) mass is 419 g/mol. The lowest BCUT2D eigenvalue weighted by molar-refractivity contribution is -0.115. The minimum absolute atomic E-state index is 0.105. The highest BCUT2D eigenvalue weighted by Crippen LogP contribution is 2.46. The van der Waals surface area contributed by atoms with Gasteiger partial charge in [0.15, 0.2) is 21.3 Å². The van der Waals surface area contributed by atoms with E-state index in [1.165, 1.54) is 6.92 Å². The van der Waals surface area contributed by atoms with Gasteiger partial charge in [-0.3, -0.25) is 4.79 Å². The molecule has 0 radical (unpaired) electrons. The average Bonchev–Trinajstić information content (AvgIpc) is 3.04. The second-order valence-corrected chi connectivity index (χ2v) is 9.74. The fourth-order valence-electron chi connectivity index (χ4n) is 3.68. The molecule has 8 heteroatoms. The molecule has 4 rings (SSSR count). The number of ether oxygens (including phenoxy) is 2. The Hall–Kier alpha value is -2.61. The van der Waals surface area contributed by atoms with Crippen molar-refractivity contribution in [3.63, 3.8) is 0 Å². The smallest absolute Gasteiger partial charge is 0.251 e. The van der Waals surface area contributed by atoms with E-state index in [2.05, 4.69) is 5.32 Å². The summed E-state index contributed by atoms with van der Waals surface area (Å²) in [6, 6.07) is 9.42. The first-order chi connectivity index (χ1) is 13.8. The first-order valence-corrected chi connectivity index (χ1v) is 11.2. The molecule has 0 aromatic heterocycles. The van der Waals surface area contributed by atoms with Crippen molar-refractivity contribution >= 4 is 21.4 Å². The molecule has 2 aromatic rings. The summed E-state index contributed by atoms with van der Waals surface area (Å²) in [6.45, 7) is 1.30. The number of fused-ring (bicyclic) bond motifs is 1. The highest BCUT2D eigenvalue weighted by molar-refractivity contribution is 7.92. The highest BCUT2D eigenvalue weighted by atomic mass is 32.2. The molecule has 1 fully saturated rings. The number of amides is 1. The second kappa shape index (κ2) is 7.33. The average molecular weight is 419 g/mol. The Labute approximate surface area is 168 Å². The van der Waals surface area contributed by atoms with Gasteiger partial charge >= 0.3 is 0 Å². The highest BCUT2D eigenvalue weighted by Gasteiger charge is 2.42. The van der Waals surface area contributed by atoms with E-state index in [1.807, 2.05) is 0 Å². The maximum absolute atomic E-state index is 13.1. The minimum atomic E-state index is -3.94. The molecule has 0 bridgehead atoms. The van der Waals surface area contributed by atoms with E-state index in [4.69, 9.17) is 9.47 Å². The summed E-state index contributed by atoms with van der Waals surface area (Å²) >= 11 is 0. The molecule has 1 amide bonds. The van der Waals surface area contributed by atoms with Gasteiger partial charge in [-0.2, -0.15) is 0 Å². The van der Waals surface area contributed by atoms with Crippen molar-refractivity contribution < 1.29 is 27.1 Å². The molecular formula is C21H22FNO5S. The van der Waals surface area contributed by atoms with Gasteiger partial charge in [0, 0.05) is 24.6 Å². The summed E-state index contributed by atoms with van der Waals surface area (Å²) in [5.41, 5.74) is 0.423. The van der Waals surface area contributed by atoms with E-state index < -0.39 is 32.6 Å². The number of hydrogen-bond acceptors (Lipinski definition) is 5. The van der Waals surface area contributed by atoms with E-state index in [1.54, 1.807) is 18.2 Å². The number of anilines is 1. The van der Waals surface area contributed by atoms with E-state index >= 15 is 0 Å². The number of sulfone groups is 1. The van der Waals surface area contributed by atoms with Gasteiger partial charge in [0.25, 0.3) is 5.79 Å². The zero-order valence-corrected chi connectivity index (χ0v) is 16.8. The summed E-state index contributed by atoms with van der Waals surface area (Å²) in [5, 5.41) is 1.28. The number of halogens is 1. The Morgan fingerprint density at radius 3 is 2.38 bits per heavy atom. The molecule has 1 N–H and O–H groups in total. The lowest BCUT2D eigenvalue weighted by Crippen LogP contribution is -2.40. The molecular weight excluding hydrogens is 397 g/mol. The van der Waals surface area contributed by atoms with Crippen LogP contribution in [0.4, 0.5) is 10.1 Å². The molecule has 0 saturated heterocycles. The SMILES string of the molecule is CC(C(=O)Nc1ccc2c(c1)OC1(CCCCC1)O2)S(=O)(=O)c1ccc(F)cc1. The van der Waals surface area contributed by atoms with Gasteiger partial charge in [-0.1, -0.05) is 6.42 Å². The topological polar surface area (TPSA) is 81.7 Å². The molecule has 154 valence electrons. The Bertz CT molecular complexity index is 1030. The van der Waals surface area contributed by atoms with Gasteiger partial charge < -0.3 is 14.8 Å². The Morgan fingerprint density at radius 1 is 1.03 bits per heavy atom. The molecule has 1 unspecified atom stereocenters. The molecule has 1 saturated carbocycles. The molecule has 6 nitrogen and oxygen atoms in total. The van der Waals surface area contributed by atoms with Gasteiger partial charge in [-0.15, -0.1) is 0 Å². The lowest BCUT2D eigenvalue weighted by Gasteiger charge is -2.31. The fraction of sp³-hybridized carbons (Fsp3) is 0.381. The minimum Gasteiger partial charge on any atom is -0.448 e. The summed E-state index contributed by atoms with van der Waals surface area (Å²) in [4.78, 5) is 12.5. The third-order valence-corrected chi connectivity index (χ3v) is 7.47. The van der Waals surface area contributed by atoms with Gasteiger partial charge in [-0.05, 0) is 56.2 Å². The van der Waals surface area contributed by atoms with Crippen LogP contribution in [0.1, 0.15) is 39.0 Å². The standard InChI is InChI=1S/C21H22FNO5S/c1-14(29(25,26)17-8-5-15(22)6-9-17)20(24)23-16-7-10-18-19(13-16)28-21(27-18)11-3-2-4-12-21/h5-10,13-14H,2-4,11-12H2,1H3,(H,23,24). The fourth-order valence-corrected chi connectivity index (χ4v) is 4.94. The number of hydrogen-bond donors (Lipinski definition) is 1. The van der Waals surface area contributed by atoms with Crippen LogP contribution < -0.4 is 14.8 Å². The van der Waals surface area contributed by atoms with Crippen LogP contribution in [0.15, 0.2) is 47.4 Å². The van der Waals surface area contributed by atoms with Crippen molar-refractivity contribution in [3.05, 3.63) is 48.3 Å². The Morgan fingerprint density at radius 2 is 1.69 bits per heavy atom. The Kier molecular flexibility index (Phi) is 4.98. The second-order valence-electron chi connectivity index (χ2n) is 7.47. The number of nitrogens with one attached hydrogen (secondary N) is 1. The van der Waals surface area contributed by atoms with Crippen LogP contribution >= 0.6 is 0 Å². The first-order valence-electron chi connectivity index (χ1n) is 9.62. The van der Waals surface area contributed by atoms with Crippen LogP contribution in [0.2, 0.25) is 0 Å².